The van der Waals surface area contributed by atoms with Crippen molar-refractivity contribution in [3.63, 3.8) is 0 Å². The molecule has 1 fully saturated rings. The van der Waals surface area contributed by atoms with Crippen LogP contribution in [0, 0.1) is 0 Å². The van der Waals surface area contributed by atoms with Crippen LogP contribution in [0.4, 0.5) is 23.2 Å². The molecule has 0 aromatic heterocycles. The first-order chi connectivity index (χ1) is 18.3. The number of nitrogen functional groups attached to an aromatic ring is 1. The lowest BCUT2D eigenvalue weighted by atomic mass is 9.87. The van der Waals surface area contributed by atoms with Gasteiger partial charge in [0.15, 0.2) is 0 Å². The van der Waals surface area contributed by atoms with Gasteiger partial charge in [0.2, 0.25) is 0 Å². The van der Waals surface area contributed by atoms with Crippen LogP contribution in [0.15, 0.2) is 66.7 Å². The predicted octanol–water partition coefficient (Wildman–Crippen LogP) is 7.40. The minimum absolute atomic E-state index is 0.0731. The summed E-state index contributed by atoms with van der Waals surface area (Å²) in [6, 6.07) is 19.3. The van der Waals surface area contributed by atoms with Gasteiger partial charge in [-0.2, -0.15) is 13.2 Å². The van der Waals surface area contributed by atoms with Crippen molar-refractivity contribution in [1.29, 1.82) is 0 Å². The van der Waals surface area contributed by atoms with E-state index in [1.165, 1.54) is 0 Å². The molecule has 3 aromatic carbocycles. The number of alkyl halides is 4. The highest BCUT2D eigenvalue weighted by Gasteiger charge is 2.30. The minimum Gasteiger partial charge on any atom is -0.489 e. The number of hydrogen-bond donors (Lipinski definition) is 1. The molecule has 1 aliphatic carbocycles. The molecule has 7 heteroatoms. The maximum atomic E-state index is 13.2. The third-order valence-corrected chi connectivity index (χ3v) is 7.42. The number of fused-ring (bicyclic) bond motifs is 1. The zero-order valence-corrected chi connectivity index (χ0v) is 21.2. The highest BCUT2D eigenvalue weighted by atomic mass is 19.4. The van der Waals surface area contributed by atoms with Crippen molar-refractivity contribution in [3.05, 3.63) is 94.5 Å². The van der Waals surface area contributed by atoms with Crippen molar-refractivity contribution in [1.82, 2.24) is 4.90 Å². The van der Waals surface area contributed by atoms with Crippen molar-refractivity contribution < 1.29 is 22.3 Å². The number of anilines is 1. The van der Waals surface area contributed by atoms with E-state index in [0.717, 1.165) is 96.6 Å². The molecule has 0 unspecified atom stereocenters. The number of likely N-dealkylation sites (tertiary alicyclic amines) is 1. The zero-order valence-electron chi connectivity index (χ0n) is 21.2. The van der Waals surface area contributed by atoms with Gasteiger partial charge in [-0.1, -0.05) is 30.3 Å². The molecule has 3 nitrogen and oxygen atoms in total. The van der Waals surface area contributed by atoms with Crippen molar-refractivity contribution in [2.45, 2.75) is 44.4 Å². The summed E-state index contributed by atoms with van der Waals surface area (Å²) in [6.07, 6.45) is -0.387. The maximum absolute atomic E-state index is 13.2. The standard InChI is InChI=1S/C31H32F4N2O/c32-16-2-17-37-18-15-27(20-37)38-26-12-7-22(8-13-26)30-28(21-5-9-24(10-6-21)31(33,34)35)4-1-3-23-19-25(36)11-14-29(23)30/h5-14,19,27H,1-4,15-18,20,36H2/t27-/m0/s1. The van der Waals surface area contributed by atoms with Crippen molar-refractivity contribution in [3.8, 4) is 5.75 Å². The molecule has 0 spiro atoms. The lowest BCUT2D eigenvalue weighted by molar-refractivity contribution is -0.137. The van der Waals surface area contributed by atoms with Gasteiger partial charge in [0, 0.05) is 25.3 Å². The van der Waals surface area contributed by atoms with Gasteiger partial charge in [0.1, 0.15) is 11.9 Å². The van der Waals surface area contributed by atoms with Crippen molar-refractivity contribution in [2.75, 3.05) is 32.0 Å². The quantitative estimate of drug-likeness (QED) is 0.259. The minimum atomic E-state index is -4.37. The molecule has 0 amide bonds. The topological polar surface area (TPSA) is 38.5 Å². The molecule has 1 heterocycles. The lowest BCUT2D eigenvalue weighted by Gasteiger charge is -2.19. The van der Waals surface area contributed by atoms with Crippen LogP contribution in [0.2, 0.25) is 0 Å². The van der Waals surface area contributed by atoms with Gasteiger partial charge < -0.3 is 10.5 Å². The van der Waals surface area contributed by atoms with Crippen LogP contribution in [0.25, 0.3) is 11.1 Å². The highest BCUT2D eigenvalue weighted by molar-refractivity contribution is 6.00. The smallest absolute Gasteiger partial charge is 0.416 e. The average Bonchev–Trinajstić information content (AvgIpc) is 3.26. The average molecular weight is 525 g/mol. The molecule has 2 aliphatic rings. The Morgan fingerprint density at radius 2 is 1.66 bits per heavy atom. The molecule has 1 atom stereocenters. The molecule has 1 saturated heterocycles. The summed E-state index contributed by atoms with van der Waals surface area (Å²) in [4.78, 5) is 2.23. The molecule has 1 aliphatic heterocycles. The predicted molar refractivity (Wildman–Crippen MR) is 144 cm³/mol. The van der Waals surface area contributed by atoms with E-state index in [2.05, 4.69) is 4.90 Å². The van der Waals surface area contributed by atoms with E-state index in [9.17, 15) is 17.6 Å². The van der Waals surface area contributed by atoms with Gasteiger partial charge >= 0.3 is 6.18 Å². The third-order valence-electron chi connectivity index (χ3n) is 7.42. The first-order valence-corrected chi connectivity index (χ1v) is 13.2. The molecular formula is C31H32F4N2O. The third kappa shape index (κ3) is 5.88. The largest absolute Gasteiger partial charge is 0.489 e. The summed E-state index contributed by atoms with van der Waals surface area (Å²) in [5, 5.41) is 0. The second-order valence-electron chi connectivity index (χ2n) is 10.1. The SMILES string of the molecule is Nc1ccc2c(c1)CCCC(c1ccc(C(F)(F)F)cc1)=C2c1ccc(O[C@H]2CCN(CCCF)C2)cc1. The molecule has 2 N–H and O–H groups in total. The molecule has 38 heavy (non-hydrogen) atoms. The van der Waals surface area contributed by atoms with Crippen LogP contribution in [0.5, 0.6) is 5.75 Å². The van der Waals surface area contributed by atoms with Gasteiger partial charge in [-0.05, 0) is 102 Å². The Bertz CT molecular complexity index is 1280. The van der Waals surface area contributed by atoms with Gasteiger partial charge in [0.05, 0.1) is 12.2 Å². The van der Waals surface area contributed by atoms with E-state index < -0.39 is 11.7 Å². The number of ether oxygens (including phenoxy) is 1. The number of aryl methyl sites for hydroxylation is 1. The second kappa shape index (κ2) is 11.2. The number of halogens is 4. The summed E-state index contributed by atoms with van der Waals surface area (Å²) in [5.41, 5.74) is 12.1. The highest BCUT2D eigenvalue weighted by Crippen LogP contribution is 2.41. The summed E-state index contributed by atoms with van der Waals surface area (Å²) in [6.45, 7) is 2.15. The monoisotopic (exact) mass is 524 g/mol. The lowest BCUT2D eigenvalue weighted by Crippen LogP contribution is -2.26. The van der Waals surface area contributed by atoms with Gasteiger partial charge in [-0.15, -0.1) is 0 Å². The summed E-state index contributed by atoms with van der Waals surface area (Å²) in [7, 11) is 0. The van der Waals surface area contributed by atoms with E-state index in [-0.39, 0.29) is 12.8 Å². The molecular weight excluding hydrogens is 492 g/mol. The Morgan fingerprint density at radius 3 is 2.37 bits per heavy atom. The Balaban J connectivity index is 1.47. The zero-order chi connectivity index (χ0) is 26.7. The molecule has 0 radical (unpaired) electrons. The normalized spacial score (nSPS) is 18.4. The van der Waals surface area contributed by atoms with Crippen LogP contribution in [-0.4, -0.2) is 37.3 Å². The van der Waals surface area contributed by atoms with Gasteiger partial charge in [0.25, 0.3) is 0 Å². The Labute approximate surface area is 220 Å². The number of rotatable bonds is 7. The number of benzene rings is 3. The summed E-state index contributed by atoms with van der Waals surface area (Å²) >= 11 is 0. The summed E-state index contributed by atoms with van der Waals surface area (Å²) < 4.78 is 58.4. The maximum Gasteiger partial charge on any atom is 0.416 e. The van der Waals surface area contributed by atoms with Crippen LogP contribution in [-0.2, 0) is 12.6 Å². The van der Waals surface area contributed by atoms with Crippen LogP contribution in [0.1, 0.15) is 53.5 Å². The fourth-order valence-electron chi connectivity index (χ4n) is 5.56. The van der Waals surface area contributed by atoms with E-state index in [1.54, 1.807) is 12.1 Å². The Hall–Kier alpha value is -3.32. The fourth-order valence-corrected chi connectivity index (χ4v) is 5.56. The number of nitrogens with two attached hydrogens (primary N) is 1. The van der Waals surface area contributed by atoms with E-state index in [1.807, 2.05) is 42.5 Å². The molecule has 0 saturated carbocycles. The van der Waals surface area contributed by atoms with E-state index in [4.69, 9.17) is 10.5 Å². The van der Waals surface area contributed by atoms with E-state index in [0.29, 0.717) is 12.1 Å². The Kier molecular flexibility index (Phi) is 7.75. The van der Waals surface area contributed by atoms with Gasteiger partial charge in [-0.25, -0.2) is 0 Å². The number of hydrogen-bond acceptors (Lipinski definition) is 3. The molecule has 0 bridgehead atoms. The first kappa shape index (κ1) is 26.3. The van der Waals surface area contributed by atoms with Crippen LogP contribution in [0.3, 0.4) is 0 Å². The molecule has 3 aromatic rings. The van der Waals surface area contributed by atoms with Crippen LogP contribution >= 0.6 is 0 Å². The first-order valence-electron chi connectivity index (χ1n) is 13.2. The van der Waals surface area contributed by atoms with Crippen molar-refractivity contribution in [2.24, 2.45) is 0 Å². The van der Waals surface area contributed by atoms with Gasteiger partial charge in [-0.3, -0.25) is 9.29 Å². The van der Waals surface area contributed by atoms with Crippen LogP contribution < -0.4 is 10.5 Å². The molecule has 5 rings (SSSR count). The fraction of sp³-hybridized carbons (Fsp3) is 0.355. The molecule has 200 valence electrons. The number of nitrogens with zero attached hydrogens (tertiary/aromatic N) is 1. The number of allylic oxidation sites excluding steroid dienone is 1. The Morgan fingerprint density at radius 1 is 0.921 bits per heavy atom. The van der Waals surface area contributed by atoms with Crippen molar-refractivity contribution >= 4 is 16.8 Å². The summed E-state index contributed by atoms with van der Waals surface area (Å²) in [5.74, 6) is 0.772. The second-order valence-corrected chi connectivity index (χ2v) is 10.1. The van der Waals surface area contributed by atoms with E-state index >= 15 is 0 Å².